The average molecular weight is 304 g/mol. The zero-order valence-corrected chi connectivity index (χ0v) is 13.5. The van der Waals surface area contributed by atoms with Crippen LogP contribution in [0.1, 0.15) is 31.2 Å². The van der Waals surface area contributed by atoms with Gasteiger partial charge >= 0.3 is 0 Å². The van der Waals surface area contributed by atoms with Crippen LogP contribution in [0.15, 0.2) is 29.2 Å². The monoisotopic (exact) mass is 304 g/mol. The fourth-order valence-corrected chi connectivity index (χ4v) is 4.73. The molecule has 1 saturated carbocycles. The van der Waals surface area contributed by atoms with Crippen LogP contribution < -0.4 is 5.32 Å². The van der Waals surface area contributed by atoms with E-state index in [2.05, 4.69) is 41.4 Å². The lowest BCUT2D eigenvalue weighted by Gasteiger charge is -2.36. The fraction of sp³-hybridized carbons (Fsp3) is 0.588. The van der Waals surface area contributed by atoms with Crippen LogP contribution in [-0.2, 0) is 4.79 Å². The van der Waals surface area contributed by atoms with Gasteiger partial charge in [0, 0.05) is 31.1 Å². The summed E-state index contributed by atoms with van der Waals surface area (Å²) in [4.78, 5) is 16.4. The predicted molar refractivity (Wildman–Crippen MR) is 87.7 cm³/mol. The highest BCUT2D eigenvalue weighted by Crippen LogP contribution is 2.46. The molecule has 1 aliphatic carbocycles. The summed E-state index contributed by atoms with van der Waals surface area (Å²) < 4.78 is -0.216. The summed E-state index contributed by atoms with van der Waals surface area (Å²) >= 11 is 1.80. The highest BCUT2D eigenvalue weighted by Gasteiger charge is 2.44. The van der Waals surface area contributed by atoms with Gasteiger partial charge in [0.15, 0.2) is 0 Å². The normalized spacial score (nSPS) is 21.5. The quantitative estimate of drug-likeness (QED) is 0.932. The van der Waals surface area contributed by atoms with E-state index in [4.69, 9.17) is 0 Å². The second-order valence-electron chi connectivity index (χ2n) is 6.16. The molecule has 1 aromatic carbocycles. The highest BCUT2D eigenvalue weighted by atomic mass is 32.2. The summed E-state index contributed by atoms with van der Waals surface area (Å²) in [7, 11) is 0. The zero-order chi connectivity index (χ0) is 14.7. The van der Waals surface area contributed by atoms with E-state index in [1.807, 2.05) is 0 Å². The van der Waals surface area contributed by atoms with Crippen molar-refractivity contribution in [1.82, 2.24) is 10.2 Å². The van der Waals surface area contributed by atoms with Crippen molar-refractivity contribution in [3.63, 3.8) is 0 Å². The van der Waals surface area contributed by atoms with Crippen LogP contribution in [0, 0.1) is 6.92 Å². The number of benzene rings is 1. The first kappa shape index (κ1) is 14.9. The van der Waals surface area contributed by atoms with Crippen LogP contribution in [0.25, 0.3) is 0 Å². The van der Waals surface area contributed by atoms with Crippen molar-refractivity contribution in [2.24, 2.45) is 0 Å². The second-order valence-corrected chi connectivity index (χ2v) is 7.62. The van der Waals surface area contributed by atoms with Crippen molar-refractivity contribution < 1.29 is 4.79 Å². The van der Waals surface area contributed by atoms with Gasteiger partial charge < -0.3 is 10.2 Å². The molecule has 0 spiro atoms. The third-order valence-electron chi connectivity index (χ3n) is 4.54. The molecule has 0 unspecified atom stereocenters. The summed E-state index contributed by atoms with van der Waals surface area (Å²) in [5.41, 5.74) is 1.27. The van der Waals surface area contributed by atoms with Gasteiger partial charge in [0.1, 0.15) is 0 Å². The third kappa shape index (κ3) is 3.27. The SMILES string of the molecule is Cc1ccc(SC2(C(=O)N3CCNCC3)CCCC2)cc1. The Morgan fingerprint density at radius 3 is 2.38 bits per heavy atom. The Balaban J connectivity index is 1.78. The Bertz CT molecular complexity index is 488. The number of rotatable bonds is 3. The van der Waals surface area contributed by atoms with E-state index in [-0.39, 0.29) is 4.75 Å². The van der Waals surface area contributed by atoms with Gasteiger partial charge in [-0.15, -0.1) is 11.8 Å². The molecule has 0 radical (unpaired) electrons. The van der Waals surface area contributed by atoms with Crippen LogP contribution in [0.5, 0.6) is 0 Å². The van der Waals surface area contributed by atoms with Crippen molar-refractivity contribution in [3.05, 3.63) is 29.8 Å². The van der Waals surface area contributed by atoms with E-state index in [0.717, 1.165) is 39.0 Å². The molecule has 2 aliphatic rings. The summed E-state index contributed by atoms with van der Waals surface area (Å²) in [6.07, 6.45) is 4.40. The van der Waals surface area contributed by atoms with E-state index >= 15 is 0 Å². The molecule has 1 aliphatic heterocycles. The van der Waals surface area contributed by atoms with Gasteiger partial charge in [-0.3, -0.25) is 4.79 Å². The topological polar surface area (TPSA) is 32.3 Å². The number of nitrogens with zero attached hydrogens (tertiary/aromatic N) is 1. The number of carbonyl (C=O) groups is 1. The summed E-state index contributed by atoms with van der Waals surface area (Å²) in [5.74, 6) is 0.368. The molecule has 21 heavy (non-hydrogen) atoms. The molecule has 2 fully saturated rings. The number of carbonyl (C=O) groups excluding carboxylic acids is 1. The van der Waals surface area contributed by atoms with Crippen LogP contribution >= 0.6 is 11.8 Å². The third-order valence-corrected chi connectivity index (χ3v) is 6.02. The maximum atomic E-state index is 13.1. The largest absolute Gasteiger partial charge is 0.339 e. The first-order valence-corrected chi connectivity index (χ1v) is 8.77. The molecule has 1 N–H and O–H groups in total. The number of amides is 1. The first-order valence-electron chi connectivity index (χ1n) is 7.95. The molecule has 0 atom stereocenters. The van der Waals surface area contributed by atoms with Gasteiger partial charge in [-0.05, 0) is 31.9 Å². The molecule has 1 heterocycles. The van der Waals surface area contributed by atoms with Crippen LogP contribution in [0.3, 0.4) is 0 Å². The number of hydrogen-bond acceptors (Lipinski definition) is 3. The number of thioether (sulfide) groups is 1. The van der Waals surface area contributed by atoms with Crippen molar-refractivity contribution in [2.75, 3.05) is 26.2 Å². The van der Waals surface area contributed by atoms with Crippen LogP contribution in [-0.4, -0.2) is 41.7 Å². The van der Waals surface area contributed by atoms with E-state index < -0.39 is 0 Å². The fourth-order valence-electron chi connectivity index (χ4n) is 3.29. The van der Waals surface area contributed by atoms with Gasteiger partial charge in [0.05, 0.1) is 4.75 Å². The number of hydrogen-bond donors (Lipinski definition) is 1. The van der Waals surface area contributed by atoms with Crippen molar-refractivity contribution in [1.29, 1.82) is 0 Å². The van der Waals surface area contributed by atoms with Gasteiger partial charge in [-0.25, -0.2) is 0 Å². The summed E-state index contributed by atoms with van der Waals surface area (Å²) in [6, 6.07) is 8.59. The molecule has 4 heteroatoms. The van der Waals surface area contributed by atoms with Crippen molar-refractivity contribution in [3.8, 4) is 0 Å². The Kier molecular flexibility index (Phi) is 4.55. The van der Waals surface area contributed by atoms with E-state index in [1.54, 1.807) is 11.8 Å². The molecular weight excluding hydrogens is 280 g/mol. The minimum absolute atomic E-state index is 0.216. The van der Waals surface area contributed by atoms with Crippen LogP contribution in [0.2, 0.25) is 0 Å². The minimum atomic E-state index is -0.216. The molecule has 3 nitrogen and oxygen atoms in total. The molecule has 1 aromatic rings. The van der Waals surface area contributed by atoms with Gasteiger partial charge in [0.25, 0.3) is 0 Å². The van der Waals surface area contributed by atoms with Gasteiger partial charge in [-0.1, -0.05) is 30.5 Å². The minimum Gasteiger partial charge on any atom is -0.339 e. The Morgan fingerprint density at radius 1 is 1.14 bits per heavy atom. The van der Waals surface area contributed by atoms with E-state index in [9.17, 15) is 4.79 Å². The number of nitrogens with one attached hydrogen (secondary N) is 1. The number of aryl methyl sites for hydroxylation is 1. The maximum absolute atomic E-state index is 13.1. The summed E-state index contributed by atoms with van der Waals surface area (Å²) in [6.45, 7) is 5.67. The molecule has 1 saturated heterocycles. The smallest absolute Gasteiger partial charge is 0.239 e. The molecule has 0 bridgehead atoms. The lowest BCUT2D eigenvalue weighted by atomic mass is 10.0. The Hall–Kier alpha value is -1.00. The Morgan fingerprint density at radius 2 is 1.76 bits per heavy atom. The average Bonchev–Trinajstić information content (AvgIpc) is 2.99. The lowest BCUT2D eigenvalue weighted by molar-refractivity contribution is -0.134. The van der Waals surface area contributed by atoms with Gasteiger partial charge in [-0.2, -0.15) is 0 Å². The van der Waals surface area contributed by atoms with E-state index in [1.165, 1.54) is 23.3 Å². The first-order chi connectivity index (χ1) is 10.2. The molecule has 3 rings (SSSR count). The molecule has 0 aromatic heterocycles. The van der Waals surface area contributed by atoms with Crippen LogP contribution in [0.4, 0.5) is 0 Å². The highest BCUT2D eigenvalue weighted by molar-refractivity contribution is 8.01. The maximum Gasteiger partial charge on any atom is 0.239 e. The molecular formula is C17H24N2OS. The van der Waals surface area contributed by atoms with Gasteiger partial charge in [0.2, 0.25) is 5.91 Å². The standard InChI is InChI=1S/C17H24N2OS/c1-14-4-6-15(7-5-14)21-17(8-2-3-9-17)16(20)19-12-10-18-11-13-19/h4-7,18H,2-3,8-13H2,1H3. The lowest BCUT2D eigenvalue weighted by Crippen LogP contribution is -2.52. The number of piperazine rings is 1. The van der Waals surface area contributed by atoms with Crippen molar-refractivity contribution in [2.45, 2.75) is 42.2 Å². The Labute approximate surface area is 131 Å². The molecule has 1 amide bonds. The summed E-state index contributed by atoms with van der Waals surface area (Å²) in [5, 5.41) is 3.33. The second kappa shape index (κ2) is 6.41. The predicted octanol–water partition coefficient (Wildman–Crippen LogP) is 2.83. The van der Waals surface area contributed by atoms with Crippen molar-refractivity contribution >= 4 is 17.7 Å². The molecule has 114 valence electrons. The zero-order valence-electron chi connectivity index (χ0n) is 12.7. The van der Waals surface area contributed by atoms with E-state index in [0.29, 0.717) is 5.91 Å².